The fourth-order valence-corrected chi connectivity index (χ4v) is 3.30. The van der Waals surface area contributed by atoms with E-state index in [-0.39, 0.29) is 24.4 Å². The van der Waals surface area contributed by atoms with Crippen molar-refractivity contribution in [3.8, 4) is 0 Å². The van der Waals surface area contributed by atoms with Crippen LogP contribution in [0.1, 0.15) is 23.1 Å². The van der Waals surface area contributed by atoms with Crippen molar-refractivity contribution in [2.75, 3.05) is 39.4 Å². The first kappa shape index (κ1) is 17.9. The van der Waals surface area contributed by atoms with E-state index < -0.39 is 0 Å². The predicted octanol–water partition coefficient (Wildman–Crippen LogP) is 0.853. The number of aryl methyl sites for hydroxylation is 2. The highest BCUT2D eigenvalue weighted by Crippen LogP contribution is 2.15. The van der Waals surface area contributed by atoms with Crippen LogP contribution in [0, 0.1) is 13.8 Å². The van der Waals surface area contributed by atoms with E-state index in [4.69, 9.17) is 4.74 Å². The Kier molecular flexibility index (Phi) is 5.71. The van der Waals surface area contributed by atoms with Crippen molar-refractivity contribution in [1.29, 1.82) is 0 Å². The number of nitrogens with one attached hydrogen (secondary N) is 1. The second kappa shape index (κ2) is 7.97. The number of hydrogen-bond donors (Lipinski definition) is 1. The lowest BCUT2D eigenvalue weighted by Gasteiger charge is -2.35. The number of nitrogens with zero attached hydrogens (tertiary/aromatic N) is 2. The van der Waals surface area contributed by atoms with Crippen molar-refractivity contribution < 1.29 is 14.3 Å². The fraction of sp³-hybridized carbons (Fsp3) is 0.579. The van der Waals surface area contributed by atoms with Crippen molar-refractivity contribution in [2.45, 2.75) is 32.9 Å². The van der Waals surface area contributed by atoms with E-state index >= 15 is 0 Å². The maximum absolute atomic E-state index is 12.4. The van der Waals surface area contributed by atoms with Gasteiger partial charge in [0, 0.05) is 38.6 Å². The maximum Gasteiger partial charge on any atom is 0.242 e. The minimum Gasteiger partial charge on any atom is -0.378 e. The predicted molar refractivity (Wildman–Crippen MR) is 95.1 cm³/mol. The SMILES string of the molecule is Cc1ccc(CN2CCN(C(=O)C[C@@H]3COCCN3)CC2=O)cc1C. The average Bonchev–Trinajstić information content (AvgIpc) is 2.60. The molecule has 2 fully saturated rings. The summed E-state index contributed by atoms with van der Waals surface area (Å²) in [7, 11) is 0. The van der Waals surface area contributed by atoms with Gasteiger partial charge < -0.3 is 19.9 Å². The van der Waals surface area contributed by atoms with E-state index in [1.54, 1.807) is 4.90 Å². The lowest BCUT2D eigenvalue weighted by molar-refractivity contribution is -0.146. The lowest BCUT2D eigenvalue weighted by atomic mass is 10.1. The molecule has 0 unspecified atom stereocenters. The lowest BCUT2D eigenvalue weighted by Crippen LogP contribution is -2.53. The number of rotatable bonds is 4. The standard InChI is InChI=1S/C19H27N3O3/c1-14-3-4-16(9-15(14)2)11-21-6-7-22(12-19(21)24)18(23)10-17-13-25-8-5-20-17/h3-4,9,17,20H,5-8,10-13H2,1-2H3/t17-/m1/s1. The summed E-state index contributed by atoms with van der Waals surface area (Å²) in [4.78, 5) is 28.4. The quantitative estimate of drug-likeness (QED) is 0.879. The molecule has 2 aliphatic heterocycles. The number of hydrogen-bond acceptors (Lipinski definition) is 4. The highest BCUT2D eigenvalue weighted by Gasteiger charge is 2.28. The summed E-state index contributed by atoms with van der Waals surface area (Å²) >= 11 is 0. The Morgan fingerprint density at radius 2 is 2.12 bits per heavy atom. The van der Waals surface area contributed by atoms with E-state index in [2.05, 4.69) is 37.4 Å². The fourth-order valence-electron chi connectivity index (χ4n) is 3.30. The van der Waals surface area contributed by atoms with Crippen LogP contribution in [-0.4, -0.2) is 67.0 Å². The monoisotopic (exact) mass is 345 g/mol. The van der Waals surface area contributed by atoms with Gasteiger partial charge in [0.25, 0.3) is 0 Å². The third kappa shape index (κ3) is 4.58. The Morgan fingerprint density at radius 1 is 1.28 bits per heavy atom. The second-order valence-corrected chi connectivity index (χ2v) is 6.98. The number of ether oxygens (including phenoxy) is 1. The van der Waals surface area contributed by atoms with Gasteiger partial charge in [-0.2, -0.15) is 0 Å². The molecule has 0 bridgehead atoms. The first-order chi connectivity index (χ1) is 12.0. The number of morpholine rings is 1. The molecule has 0 saturated carbocycles. The van der Waals surface area contributed by atoms with Crippen molar-refractivity contribution in [3.63, 3.8) is 0 Å². The highest BCUT2D eigenvalue weighted by molar-refractivity contribution is 5.86. The molecule has 25 heavy (non-hydrogen) atoms. The zero-order valence-corrected chi connectivity index (χ0v) is 15.1. The zero-order valence-electron chi connectivity index (χ0n) is 15.1. The maximum atomic E-state index is 12.4. The van der Waals surface area contributed by atoms with Crippen LogP contribution >= 0.6 is 0 Å². The molecule has 0 aliphatic carbocycles. The molecule has 136 valence electrons. The van der Waals surface area contributed by atoms with E-state index in [9.17, 15) is 9.59 Å². The number of benzene rings is 1. The van der Waals surface area contributed by atoms with Gasteiger partial charge in [-0.1, -0.05) is 18.2 Å². The summed E-state index contributed by atoms with van der Waals surface area (Å²) in [5.41, 5.74) is 3.63. The van der Waals surface area contributed by atoms with Crippen molar-refractivity contribution >= 4 is 11.8 Å². The number of piperazine rings is 1. The molecule has 6 heteroatoms. The minimum absolute atomic E-state index is 0.0191. The van der Waals surface area contributed by atoms with Crippen molar-refractivity contribution in [2.24, 2.45) is 0 Å². The van der Waals surface area contributed by atoms with Crippen LogP contribution in [0.25, 0.3) is 0 Å². The molecule has 2 aliphatic rings. The van der Waals surface area contributed by atoms with Gasteiger partial charge in [0.1, 0.15) is 0 Å². The zero-order chi connectivity index (χ0) is 17.8. The molecule has 0 spiro atoms. The largest absolute Gasteiger partial charge is 0.378 e. The smallest absolute Gasteiger partial charge is 0.242 e. The third-order valence-electron chi connectivity index (χ3n) is 5.04. The molecule has 1 atom stereocenters. The Bertz CT molecular complexity index is 641. The number of amides is 2. The van der Waals surface area contributed by atoms with Crippen LogP contribution in [0.15, 0.2) is 18.2 Å². The summed E-state index contributed by atoms with van der Waals surface area (Å²) in [6.45, 7) is 8.18. The summed E-state index contributed by atoms with van der Waals surface area (Å²) in [5.74, 6) is 0.0489. The van der Waals surface area contributed by atoms with Crippen LogP contribution in [0.2, 0.25) is 0 Å². The van der Waals surface area contributed by atoms with Crippen LogP contribution in [0.4, 0.5) is 0 Å². The van der Waals surface area contributed by atoms with Gasteiger partial charge in [0.15, 0.2) is 0 Å². The Balaban J connectivity index is 1.52. The molecular formula is C19H27N3O3. The second-order valence-electron chi connectivity index (χ2n) is 6.98. The molecule has 3 rings (SSSR count). The van der Waals surface area contributed by atoms with Gasteiger partial charge in [-0.05, 0) is 30.5 Å². The van der Waals surface area contributed by atoms with Gasteiger partial charge in [0.2, 0.25) is 11.8 Å². The van der Waals surface area contributed by atoms with E-state index in [0.717, 1.165) is 12.1 Å². The number of carbonyl (C=O) groups excluding carboxylic acids is 2. The van der Waals surface area contributed by atoms with Crippen LogP contribution in [0.3, 0.4) is 0 Å². The molecule has 1 aromatic rings. The molecule has 2 saturated heterocycles. The number of carbonyl (C=O) groups is 2. The Labute approximate surface area is 149 Å². The van der Waals surface area contributed by atoms with Gasteiger partial charge in [-0.25, -0.2) is 0 Å². The first-order valence-electron chi connectivity index (χ1n) is 8.96. The molecule has 1 N–H and O–H groups in total. The van der Waals surface area contributed by atoms with Gasteiger partial charge in [-0.3, -0.25) is 9.59 Å². The minimum atomic E-state index is 0.0191. The normalized spacial score (nSPS) is 21.5. The van der Waals surface area contributed by atoms with E-state index in [0.29, 0.717) is 39.3 Å². The molecule has 6 nitrogen and oxygen atoms in total. The van der Waals surface area contributed by atoms with E-state index in [1.165, 1.54) is 11.1 Å². The summed E-state index contributed by atoms with van der Waals surface area (Å²) in [6, 6.07) is 6.36. The Morgan fingerprint density at radius 3 is 2.80 bits per heavy atom. The van der Waals surface area contributed by atoms with Crippen molar-refractivity contribution in [1.82, 2.24) is 15.1 Å². The molecule has 0 radical (unpaired) electrons. The van der Waals surface area contributed by atoms with Crippen LogP contribution in [-0.2, 0) is 20.9 Å². The molecule has 1 aromatic carbocycles. The van der Waals surface area contributed by atoms with Crippen molar-refractivity contribution in [3.05, 3.63) is 34.9 Å². The van der Waals surface area contributed by atoms with Gasteiger partial charge >= 0.3 is 0 Å². The van der Waals surface area contributed by atoms with Crippen LogP contribution in [0.5, 0.6) is 0 Å². The van der Waals surface area contributed by atoms with Gasteiger partial charge in [-0.15, -0.1) is 0 Å². The van der Waals surface area contributed by atoms with E-state index in [1.807, 2.05) is 4.90 Å². The summed E-state index contributed by atoms with van der Waals surface area (Å²) in [5, 5.41) is 3.28. The Hall–Kier alpha value is -1.92. The topological polar surface area (TPSA) is 61.9 Å². The molecular weight excluding hydrogens is 318 g/mol. The summed E-state index contributed by atoms with van der Waals surface area (Å²) < 4.78 is 5.38. The van der Waals surface area contributed by atoms with Crippen LogP contribution < -0.4 is 5.32 Å². The third-order valence-corrected chi connectivity index (χ3v) is 5.04. The first-order valence-corrected chi connectivity index (χ1v) is 8.96. The molecule has 2 heterocycles. The average molecular weight is 345 g/mol. The highest BCUT2D eigenvalue weighted by atomic mass is 16.5. The van der Waals surface area contributed by atoms with Gasteiger partial charge in [0.05, 0.1) is 19.8 Å². The molecule has 2 amide bonds. The summed E-state index contributed by atoms with van der Waals surface area (Å²) in [6.07, 6.45) is 0.393. The molecule has 0 aromatic heterocycles.